The molecule has 1 aliphatic heterocycles. The van der Waals surface area contributed by atoms with Crippen molar-refractivity contribution >= 4 is 11.7 Å². The fourth-order valence-corrected chi connectivity index (χ4v) is 2.65. The highest BCUT2D eigenvalue weighted by atomic mass is 16.5. The second kappa shape index (κ2) is 8.57. The number of piperidine rings is 1. The average Bonchev–Trinajstić information content (AvgIpc) is 2.58. The van der Waals surface area contributed by atoms with Gasteiger partial charge in [-0.15, -0.1) is 0 Å². The normalized spacial score (nSPS) is 14.5. The Bertz CT molecular complexity index is 562. The van der Waals surface area contributed by atoms with Crippen LogP contribution in [0.15, 0.2) is 12.1 Å². The Morgan fingerprint density at radius 3 is 1.92 bits per heavy atom. The number of likely N-dealkylation sites (tertiary alicyclic amines) is 1. The van der Waals surface area contributed by atoms with Crippen molar-refractivity contribution in [1.82, 2.24) is 4.90 Å². The van der Waals surface area contributed by atoms with Crippen molar-refractivity contribution in [3.05, 3.63) is 17.7 Å². The first-order valence-electron chi connectivity index (χ1n) is 8.48. The number of ketones is 1. The molecule has 6 heteroatoms. The van der Waals surface area contributed by atoms with E-state index in [2.05, 4.69) is 0 Å². The molecule has 0 aliphatic carbocycles. The van der Waals surface area contributed by atoms with Crippen LogP contribution in [0.1, 0.15) is 44.0 Å². The van der Waals surface area contributed by atoms with Gasteiger partial charge in [0.2, 0.25) is 5.75 Å². The molecule has 1 fully saturated rings. The molecule has 24 heavy (non-hydrogen) atoms. The summed E-state index contributed by atoms with van der Waals surface area (Å²) in [7, 11) is 0. The van der Waals surface area contributed by atoms with Gasteiger partial charge in [-0.1, -0.05) is 0 Å². The fraction of sp³-hybridized carbons (Fsp3) is 0.556. The Morgan fingerprint density at radius 1 is 0.958 bits per heavy atom. The molecule has 2 rings (SSSR count). The number of carbonyl (C=O) groups is 2. The molecule has 0 spiro atoms. The van der Waals surface area contributed by atoms with E-state index in [9.17, 15) is 9.59 Å². The van der Waals surface area contributed by atoms with Gasteiger partial charge in [-0.05, 0) is 32.9 Å². The fourth-order valence-electron chi connectivity index (χ4n) is 2.65. The maximum Gasteiger partial charge on any atom is 0.254 e. The molecule has 1 aromatic rings. The molecule has 1 aromatic carbocycles. The number of Topliss-reactive ketones (excluding diaryl/α,β-unsaturated/α-hetero) is 1. The summed E-state index contributed by atoms with van der Waals surface area (Å²) in [6.45, 7) is 7.94. The molecule has 0 radical (unpaired) electrons. The van der Waals surface area contributed by atoms with Gasteiger partial charge in [0.1, 0.15) is 5.78 Å². The summed E-state index contributed by atoms with van der Waals surface area (Å²) in [4.78, 5) is 25.8. The number of nitrogens with zero attached hydrogens (tertiary/aromatic N) is 1. The first-order valence-corrected chi connectivity index (χ1v) is 8.48. The molecule has 0 atom stereocenters. The lowest BCUT2D eigenvalue weighted by Gasteiger charge is -2.26. The van der Waals surface area contributed by atoms with Crippen molar-refractivity contribution in [3.8, 4) is 17.2 Å². The molecule has 0 unspecified atom stereocenters. The van der Waals surface area contributed by atoms with Gasteiger partial charge in [-0.25, -0.2) is 0 Å². The van der Waals surface area contributed by atoms with E-state index in [4.69, 9.17) is 14.2 Å². The summed E-state index contributed by atoms with van der Waals surface area (Å²) in [5.41, 5.74) is 0.486. The lowest BCUT2D eigenvalue weighted by Crippen LogP contribution is -2.38. The minimum absolute atomic E-state index is 0.118. The van der Waals surface area contributed by atoms with Gasteiger partial charge in [0, 0.05) is 31.5 Å². The monoisotopic (exact) mass is 335 g/mol. The van der Waals surface area contributed by atoms with Gasteiger partial charge in [0.05, 0.1) is 19.8 Å². The quantitative estimate of drug-likeness (QED) is 0.766. The van der Waals surface area contributed by atoms with Crippen molar-refractivity contribution in [2.24, 2.45) is 0 Å². The van der Waals surface area contributed by atoms with Gasteiger partial charge < -0.3 is 19.1 Å². The van der Waals surface area contributed by atoms with Crippen LogP contribution in [-0.4, -0.2) is 49.5 Å². The third-order valence-electron chi connectivity index (χ3n) is 3.76. The number of hydrogen-bond acceptors (Lipinski definition) is 5. The predicted octanol–water partition coefficient (Wildman–Crippen LogP) is 2.69. The van der Waals surface area contributed by atoms with Gasteiger partial charge in [-0.3, -0.25) is 9.59 Å². The van der Waals surface area contributed by atoms with Crippen molar-refractivity contribution < 1.29 is 23.8 Å². The second-order valence-electron chi connectivity index (χ2n) is 5.43. The van der Waals surface area contributed by atoms with Crippen molar-refractivity contribution in [1.29, 1.82) is 0 Å². The minimum Gasteiger partial charge on any atom is -0.490 e. The minimum atomic E-state index is -0.118. The maximum atomic E-state index is 12.8. The summed E-state index contributed by atoms with van der Waals surface area (Å²) >= 11 is 0. The van der Waals surface area contributed by atoms with E-state index >= 15 is 0 Å². The standard InChI is InChI=1S/C18H25NO5/c1-4-22-15-11-13(12-16(23-5-2)17(15)24-6-3)18(21)19-9-7-14(20)8-10-19/h11-12H,4-10H2,1-3H3. The third kappa shape index (κ3) is 4.19. The van der Waals surface area contributed by atoms with Gasteiger partial charge >= 0.3 is 0 Å². The largest absolute Gasteiger partial charge is 0.490 e. The number of ether oxygens (including phenoxy) is 3. The molecule has 0 N–H and O–H groups in total. The summed E-state index contributed by atoms with van der Waals surface area (Å²) in [5, 5.41) is 0. The molecule has 0 aromatic heterocycles. The summed E-state index contributed by atoms with van der Waals surface area (Å²) in [5.74, 6) is 1.61. The van der Waals surface area contributed by atoms with Crippen molar-refractivity contribution in [2.45, 2.75) is 33.6 Å². The number of hydrogen-bond donors (Lipinski definition) is 0. The van der Waals surface area contributed by atoms with Crippen LogP contribution in [0.2, 0.25) is 0 Å². The van der Waals surface area contributed by atoms with E-state index in [1.165, 1.54) is 0 Å². The number of amides is 1. The van der Waals surface area contributed by atoms with Crippen LogP contribution >= 0.6 is 0 Å². The van der Waals surface area contributed by atoms with Gasteiger partial charge in [0.25, 0.3) is 5.91 Å². The van der Waals surface area contributed by atoms with Crippen LogP contribution in [0, 0.1) is 0 Å². The molecule has 1 aliphatic rings. The Hall–Kier alpha value is -2.24. The smallest absolute Gasteiger partial charge is 0.254 e. The zero-order chi connectivity index (χ0) is 17.5. The molecule has 6 nitrogen and oxygen atoms in total. The Balaban J connectivity index is 2.34. The van der Waals surface area contributed by atoms with Crippen LogP contribution < -0.4 is 14.2 Å². The van der Waals surface area contributed by atoms with Crippen LogP contribution in [0.3, 0.4) is 0 Å². The van der Waals surface area contributed by atoms with Crippen molar-refractivity contribution in [3.63, 3.8) is 0 Å². The highest BCUT2D eigenvalue weighted by Crippen LogP contribution is 2.39. The van der Waals surface area contributed by atoms with Crippen LogP contribution in [0.25, 0.3) is 0 Å². The summed E-state index contributed by atoms with van der Waals surface area (Å²) in [6.07, 6.45) is 0.832. The SMILES string of the molecule is CCOc1cc(C(=O)N2CCC(=O)CC2)cc(OCC)c1OCC. The van der Waals surface area contributed by atoms with E-state index in [0.717, 1.165) is 0 Å². The van der Waals surface area contributed by atoms with Crippen LogP contribution in [-0.2, 0) is 4.79 Å². The zero-order valence-electron chi connectivity index (χ0n) is 14.6. The molecule has 1 heterocycles. The number of benzene rings is 1. The Labute approximate surface area is 142 Å². The molecule has 132 valence electrons. The maximum absolute atomic E-state index is 12.8. The van der Waals surface area contributed by atoms with Crippen LogP contribution in [0.4, 0.5) is 0 Å². The second-order valence-corrected chi connectivity index (χ2v) is 5.43. The zero-order valence-corrected chi connectivity index (χ0v) is 14.6. The summed E-state index contributed by atoms with van der Waals surface area (Å²) < 4.78 is 16.9. The Morgan fingerprint density at radius 2 is 1.46 bits per heavy atom. The first kappa shape index (κ1) is 18.1. The highest BCUT2D eigenvalue weighted by Gasteiger charge is 2.25. The van der Waals surface area contributed by atoms with E-state index < -0.39 is 0 Å². The lowest BCUT2D eigenvalue weighted by molar-refractivity contribution is -0.120. The van der Waals surface area contributed by atoms with Crippen molar-refractivity contribution in [2.75, 3.05) is 32.9 Å². The van der Waals surface area contributed by atoms with Gasteiger partial charge in [-0.2, -0.15) is 0 Å². The molecule has 0 saturated carbocycles. The van der Waals surface area contributed by atoms with E-state index in [0.29, 0.717) is 68.6 Å². The van der Waals surface area contributed by atoms with E-state index in [-0.39, 0.29) is 11.7 Å². The van der Waals surface area contributed by atoms with E-state index in [1.807, 2.05) is 20.8 Å². The topological polar surface area (TPSA) is 65.1 Å². The van der Waals surface area contributed by atoms with E-state index in [1.54, 1.807) is 17.0 Å². The first-order chi connectivity index (χ1) is 11.6. The number of carbonyl (C=O) groups excluding carboxylic acids is 2. The summed E-state index contributed by atoms with van der Waals surface area (Å²) in [6, 6.07) is 3.38. The number of rotatable bonds is 7. The Kier molecular flexibility index (Phi) is 6.46. The highest BCUT2D eigenvalue weighted by molar-refractivity contribution is 5.96. The molecule has 1 saturated heterocycles. The molecule has 0 bridgehead atoms. The molecular formula is C18H25NO5. The predicted molar refractivity (Wildman–Crippen MR) is 90.1 cm³/mol. The average molecular weight is 335 g/mol. The van der Waals surface area contributed by atoms with Crippen LogP contribution in [0.5, 0.6) is 17.2 Å². The molecular weight excluding hydrogens is 310 g/mol. The van der Waals surface area contributed by atoms with Gasteiger partial charge in [0.15, 0.2) is 11.5 Å². The molecule has 1 amide bonds. The lowest BCUT2D eigenvalue weighted by atomic mass is 10.1. The third-order valence-corrected chi connectivity index (χ3v) is 3.76.